The Morgan fingerprint density at radius 3 is 1.69 bits per heavy atom. The van der Waals surface area contributed by atoms with Gasteiger partial charge in [0.25, 0.3) is 6.71 Å². The van der Waals surface area contributed by atoms with Crippen LogP contribution in [-0.4, -0.2) is 6.71 Å². The molecule has 0 radical (unpaired) electrons. The molecule has 5 aliphatic rings. The maximum absolute atomic E-state index is 2.64. The van der Waals surface area contributed by atoms with Crippen molar-refractivity contribution in [3.63, 3.8) is 0 Å². The zero-order valence-corrected chi connectivity index (χ0v) is 34.3. The maximum Gasteiger partial charge on any atom is 0.269 e. The Morgan fingerprint density at radius 2 is 1.19 bits per heavy atom. The number of hydrogen-bond acceptors (Lipinski definition) is 6. The first-order valence-corrected chi connectivity index (χ1v) is 22.0. The van der Waals surface area contributed by atoms with Gasteiger partial charge in [0.05, 0.1) is 19.2 Å². The summed E-state index contributed by atoms with van der Waals surface area (Å²) < 4.78 is 0.602. The lowest BCUT2D eigenvalue weighted by atomic mass is 9.41. The number of nitrogens with zero attached hydrogens (tertiary/aromatic N) is 2. The van der Waals surface area contributed by atoms with Gasteiger partial charge in [-0.05, 0) is 97.8 Å². The van der Waals surface area contributed by atoms with Gasteiger partial charge in [0.2, 0.25) is 0 Å². The van der Waals surface area contributed by atoms with Crippen molar-refractivity contribution in [2.75, 3.05) is 9.80 Å². The molecule has 4 aromatic rings. The van der Waals surface area contributed by atoms with Crippen LogP contribution in [0.4, 0.5) is 17.1 Å². The van der Waals surface area contributed by atoms with E-state index in [9.17, 15) is 0 Å². The van der Waals surface area contributed by atoms with Crippen LogP contribution in [0.2, 0.25) is 0 Å². The molecule has 0 aromatic heterocycles. The van der Waals surface area contributed by atoms with Gasteiger partial charge in [0.15, 0.2) is 0 Å². The minimum atomic E-state index is 0.0953. The van der Waals surface area contributed by atoms with Crippen molar-refractivity contribution < 1.29 is 0 Å². The molecule has 0 bridgehead atoms. The van der Waals surface area contributed by atoms with Gasteiger partial charge < -0.3 is 9.80 Å². The number of thioether (sulfide) groups is 4. The largest absolute Gasteiger partial charge is 0.306 e. The van der Waals surface area contributed by atoms with Crippen LogP contribution in [0.15, 0.2) is 141 Å². The predicted molar refractivity (Wildman–Crippen MR) is 234 cm³/mol. The normalized spacial score (nSPS) is 22.5. The first-order chi connectivity index (χ1) is 25.0. The van der Waals surface area contributed by atoms with Crippen LogP contribution in [0.25, 0.3) is 0 Å². The van der Waals surface area contributed by atoms with Crippen molar-refractivity contribution in [3.8, 4) is 0 Å². The summed E-state index contributed by atoms with van der Waals surface area (Å²) in [5.41, 5.74) is 12.4. The Balaban J connectivity index is 1.25. The quantitative estimate of drug-likeness (QED) is 0.190. The Kier molecular flexibility index (Phi) is 8.69. The van der Waals surface area contributed by atoms with Crippen LogP contribution in [0.3, 0.4) is 0 Å². The van der Waals surface area contributed by atoms with Gasteiger partial charge in [0.1, 0.15) is 0 Å². The summed E-state index contributed by atoms with van der Waals surface area (Å²) in [7, 11) is 0. The number of rotatable bonds is 4. The third-order valence-electron chi connectivity index (χ3n) is 10.9. The monoisotopic (exact) mass is 752 g/mol. The Bertz CT molecular complexity index is 2170. The van der Waals surface area contributed by atoms with Crippen LogP contribution in [0, 0.1) is 18.3 Å². The number of allylic oxidation sites excluding steroid dienone is 3. The Morgan fingerprint density at radius 1 is 0.654 bits per heavy atom. The summed E-state index contributed by atoms with van der Waals surface area (Å²) >= 11 is 8.25. The second kappa shape index (κ2) is 13.0. The molecule has 0 saturated heterocycles. The summed E-state index contributed by atoms with van der Waals surface area (Å²) in [4.78, 5) is 8.24. The first-order valence-electron chi connectivity index (χ1n) is 18.4. The van der Waals surface area contributed by atoms with Crippen LogP contribution < -0.4 is 15.3 Å². The van der Waals surface area contributed by atoms with E-state index in [-0.39, 0.29) is 17.5 Å². The summed E-state index contributed by atoms with van der Waals surface area (Å²) in [6, 6.07) is 36.6. The molecule has 1 aliphatic carbocycles. The van der Waals surface area contributed by atoms with Crippen LogP contribution in [0.5, 0.6) is 0 Å². The second-order valence-corrected chi connectivity index (χ2v) is 21.7. The van der Waals surface area contributed by atoms with Crippen LogP contribution >= 0.6 is 47.0 Å². The second-order valence-electron chi connectivity index (χ2n) is 16.6. The molecule has 0 fully saturated rings. The number of anilines is 3. The van der Waals surface area contributed by atoms with E-state index in [0.717, 1.165) is 6.42 Å². The molecule has 3 unspecified atom stereocenters. The number of hydrogen-bond donors (Lipinski definition) is 0. The molecule has 2 nitrogen and oxygen atoms in total. The highest BCUT2D eigenvalue weighted by Crippen LogP contribution is 2.66. The van der Waals surface area contributed by atoms with Crippen molar-refractivity contribution in [3.05, 3.63) is 163 Å². The summed E-state index contributed by atoms with van der Waals surface area (Å²) in [5, 5.41) is 2.79. The first kappa shape index (κ1) is 34.7. The topological polar surface area (TPSA) is 6.48 Å². The molecule has 262 valence electrons. The zero-order valence-electron chi connectivity index (χ0n) is 31.0. The summed E-state index contributed by atoms with van der Waals surface area (Å²) in [6.07, 6.45) is 8.46. The van der Waals surface area contributed by atoms with E-state index in [0.29, 0.717) is 15.1 Å². The van der Waals surface area contributed by atoms with Gasteiger partial charge in [-0.3, -0.25) is 0 Å². The summed E-state index contributed by atoms with van der Waals surface area (Å²) in [5.74, 6) is 0.525. The van der Waals surface area contributed by atoms with E-state index in [2.05, 4.69) is 197 Å². The molecule has 52 heavy (non-hydrogen) atoms. The van der Waals surface area contributed by atoms with E-state index in [1.807, 2.05) is 23.5 Å². The standard InChI is InChI=1S/C45H45BN2S4/c1-28-26-35-37-36(27-28)48(34-24-20-32(21-25-34)45(5,6)7)41-39(50-43(52-41)30-16-12-9-13-17-30)46(37)38-40(51-42(49-38)29-14-10-8-11-15-29)47(35)33-22-18-31(19-23-33)44(2,3)4/h8-20,22-27,32,42-43H,21H2,1-7H3. The van der Waals surface area contributed by atoms with Gasteiger partial charge in [-0.25, -0.2) is 0 Å². The lowest BCUT2D eigenvalue weighted by Crippen LogP contribution is -2.48. The molecule has 0 saturated carbocycles. The third kappa shape index (κ3) is 5.95. The number of aryl methyl sites for hydroxylation is 1. The predicted octanol–water partition coefficient (Wildman–Crippen LogP) is 13.2. The average Bonchev–Trinajstić information content (AvgIpc) is 3.77. The Hall–Kier alpha value is -3.10. The van der Waals surface area contributed by atoms with E-state index < -0.39 is 0 Å². The SMILES string of the molecule is Cc1cc2c3c(c1)N(c1ccc(C(C)(C)C)cc1)C1=C(SC(c4ccccc4)S1)B3C1=C(SC(c3ccccc3)S1)N2C1=CCC(C(C)(C)C)C=C1. The van der Waals surface area contributed by atoms with Crippen LogP contribution in [-0.2, 0) is 5.41 Å². The van der Waals surface area contributed by atoms with Crippen molar-refractivity contribution >= 4 is 76.3 Å². The van der Waals surface area contributed by atoms with Crippen molar-refractivity contribution in [2.24, 2.45) is 11.3 Å². The molecule has 4 aromatic carbocycles. The third-order valence-corrected chi connectivity index (χ3v) is 16.9. The molecule has 4 heterocycles. The van der Waals surface area contributed by atoms with Gasteiger partial charge in [0, 0.05) is 22.8 Å². The van der Waals surface area contributed by atoms with Gasteiger partial charge in [-0.2, -0.15) is 0 Å². The van der Waals surface area contributed by atoms with Crippen molar-refractivity contribution in [1.82, 2.24) is 0 Å². The summed E-state index contributed by atoms with van der Waals surface area (Å²) in [6.45, 7) is 16.5. The molecule has 7 heteroatoms. The van der Waals surface area contributed by atoms with Gasteiger partial charge >= 0.3 is 0 Å². The smallest absolute Gasteiger partial charge is 0.269 e. The molecule has 3 atom stereocenters. The van der Waals surface area contributed by atoms with E-state index >= 15 is 0 Å². The highest BCUT2D eigenvalue weighted by molar-refractivity contribution is 8.26. The average molecular weight is 753 g/mol. The minimum absolute atomic E-state index is 0.0953. The molecule has 0 spiro atoms. The van der Waals surface area contributed by atoms with Crippen molar-refractivity contribution in [1.29, 1.82) is 0 Å². The number of fused-ring (bicyclic) bond motifs is 2. The molecular formula is C45H45BN2S4. The molecule has 4 aliphatic heterocycles. The van der Waals surface area contributed by atoms with E-state index in [1.54, 1.807) is 0 Å². The molecular weight excluding hydrogens is 708 g/mol. The van der Waals surface area contributed by atoms with Crippen molar-refractivity contribution in [2.45, 2.75) is 69.5 Å². The minimum Gasteiger partial charge on any atom is -0.306 e. The van der Waals surface area contributed by atoms with Gasteiger partial charge in [-0.15, -0.1) is 23.5 Å². The molecule has 0 amide bonds. The fraction of sp³-hybridized carbons (Fsp3) is 0.289. The van der Waals surface area contributed by atoms with E-state index in [4.69, 9.17) is 0 Å². The maximum atomic E-state index is 2.64. The highest BCUT2D eigenvalue weighted by Gasteiger charge is 2.52. The lowest BCUT2D eigenvalue weighted by molar-refractivity contribution is 0.293. The number of benzene rings is 4. The zero-order chi connectivity index (χ0) is 35.9. The highest BCUT2D eigenvalue weighted by atomic mass is 32.2. The lowest BCUT2D eigenvalue weighted by Gasteiger charge is -2.43. The van der Waals surface area contributed by atoms with E-state index in [1.165, 1.54) is 70.1 Å². The van der Waals surface area contributed by atoms with Crippen LogP contribution in [0.1, 0.15) is 79.4 Å². The fourth-order valence-electron chi connectivity index (χ4n) is 7.97. The van der Waals surface area contributed by atoms with Gasteiger partial charge in [-0.1, -0.05) is 150 Å². The molecule has 0 N–H and O–H groups in total. The fourth-order valence-corrected chi connectivity index (χ4v) is 14.4. The molecule has 9 rings (SSSR count). The Labute approximate surface area is 327 Å².